The van der Waals surface area contributed by atoms with E-state index in [0.717, 1.165) is 0 Å². The van der Waals surface area contributed by atoms with Crippen molar-refractivity contribution >= 4 is 17.4 Å². The third kappa shape index (κ3) is 3.60. The number of methoxy groups -OCH3 is 1. The fourth-order valence-electron chi connectivity index (χ4n) is 1.98. The Kier molecular flexibility index (Phi) is 4.73. The molecule has 0 spiro atoms. The second kappa shape index (κ2) is 6.71. The number of aromatic nitrogens is 1. The maximum Gasteiger partial charge on any atom is 0.293 e. The van der Waals surface area contributed by atoms with E-state index in [0.29, 0.717) is 11.3 Å². The van der Waals surface area contributed by atoms with E-state index < -0.39 is 0 Å². The molecule has 114 valence electrons. The van der Waals surface area contributed by atoms with Crippen molar-refractivity contribution in [2.45, 2.75) is 13.5 Å². The van der Waals surface area contributed by atoms with E-state index in [-0.39, 0.29) is 29.5 Å². The summed E-state index contributed by atoms with van der Waals surface area (Å²) in [5.74, 6) is -0.192. The first-order chi connectivity index (χ1) is 10.5. The molecule has 22 heavy (non-hydrogen) atoms. The molecule has 1 aromatic carbocycles. The number of nitrogens with one attached hydrogen (secondary N) is 1. The highest BCUT2D eigenvalue weighted by atomic mass is 16.5. The summed E-state index contributed by atoms with van der Waals surface area (Å²) in [5, 5.41) is 2.62. The number of amides is 1. The highest BCUT2D eigenvalue weighted by Gasteiger charge is 2.10. The fraction of sp³-hybridized carbons (Fsp3) is 0.188. The van der Waals surface area contributed by atoms with E-state index in [9.17, 15) is 14.4 Å². The van der Waals surface area contributed by atoms with Gasteiger partial charge in [-0.15, -0.1) is 0 Å². The number of benzene rings is 1. The molecule has 0 aliphatic carbocycles. The predicted molar refractivity (Wildman–Crippen MR) is 82.3 cm³/mol. The molecule has 1 heterocycles. The van der Waals surface area contributed by atoms with Crippen LogP contribution in [0.5, 0.6) is 5.75 Å². The van der Waals surface area contributed by atoms with Crippen LogP contribution in [0.15, 0.2) is 47.4 Å². The van der Waals surface area contributed by atoms with Crippen LogP contribution in [-0.4, -0.2) is 23.4 Å². The molecule has 6 nitrogen and oxygen atoms in total. The monoisotopic (exact) mass is 300 g/mol. The summed E-state index contributed by atoms with van der Waals surface area (Å²) in [6, 6.07) is 9.70. The van der Waals surface area contributed by atoms with E-state index in [4.69, 9.17) is 4.74 Å². The Hall–Kier alpha value is -2.89. The van der Waals surface area contributed by atoms with Crippen molar-refractivity contribution < 1.29 is 14.3 Å². The summed E-state index contributed by atoms with van der Waals surface area (Å²) >= 11 is 0. The molecule has 0 unspecified atom stereocenters. The topological polar surface area (TPSA) is 77.4 Å². The Morgan fingerprint density at radius 3 is 2.45 bits per heavy atom. The molecule has 0 saturated carbocycles. The number of ether oxygens (including phenoxy) is 1. The average Bonchev–Trinajstić information content (AvgIpc) is 2.49. The number of ketones is 1. The first-order valence-electron chi connectivity index (χ1n) is 6.65. The van der Waals surface area contributed by atoms with Crippen LogP contribution in [0.1, 0.15) is 17.3 Å². The average molecular weight is 300 g/mol. The summed E-state index contributed by atoms with van der Waals surface area (Å²) in [6.45, 7) is 1.34. The molecular formula is C16H16N2O4. The van der Waals surface area contributed by atoms with Crippen molar-refractivity contribution in [1.29, 1.82) is 0 Å². The molecular weight excluding hydrogens is 284 g/mol. The third-order valence-corrected chi connectivity index (χ3v) is 3.05. The highest BCUT2D eigenvalue weighted by Crippen LogP contribution is 2.11. The van der Waals surface area contributed by atoms with Crippen LogP contribution < -0.4 is 15.6 Å². The Balaban J connectivity index is 2.16. The number of pyridine rings is 1. The van der Waals surface area contributed by atoms with Crippen molar-refractivity contribution in [1.82, 2.24) is 4.57 Å². The fourth-order valence-corrected chi connectivity index (χ4v) is 1.98. The molecule has 0 aliphatic rings. The van der Waals surface area contributed by atoms with Crippen molar-refractivity contribution in [3.05, 3.63) is 58.5 Å². The summed E-state index contributed by atoms with van der Waals surface area (Å²) in [6.07, 6.45) is 1.54. The molecule has 1 aromatic heterocycles. The van der Waals surface area contributed by atoms with Crippen LogP contribution in [0.4, 0.5) is 5.69 Å². The molecule has 0 atom stereocenters. The first kappa shape index (κ1) is 15.5. The molecule has 0 fully saturated rings. The molecule has 1 amide bonds. The van der Waals surface area contributed by atoms with Crippen molar-refractivity contribution in [2.24, 2.45) is 0 Å². The van der Waals surface area contributed by atoms with E-state index in [2.05, 4.69) is 5.32 Å². The van der Waals surface area contributed by atoms with Crippen molar-refractivity contribution in [3.63, 3.8) is 0 Å². The van der Waals surface area contributed by atoms with Gasteiger partial charge in [0, 0.05) is 24.4 Å². The summed E-state index contributed by atoms with van der Waals surface area (Å²) in [7, 11) is 1.41. The Labute approximate surface area is 127 Å². The quantitative estimate of drug-likeness (QED) is 0.853. The number of carbonyl (C=O) groups is 2. The lowest BCUT2D eigenvalue weighted by atomic mass is 10.1. The van der Waals surface area contributed by atoms with Crippen molar-refractivity contribution in [3.8, 4) is 5.75 Å². The summed E-state index contributed by atoms with van der Waals surface area (Å²) < 4.78 is 6.24. The number of anilines is 1. The number of hydrogen-bond acceptors (Lipinski definition) is 4. The van der Waals surface area contributed by atoms with Crippen LogP contribution in [0.2, 0.25) is 0 Å². The van der Waals surface area contributed by atoms with Gasteiger partial charge in [-0.05, 0) is 36.4 Å². The molecule has 0 aliphatic heterocycles. The van der Waals surface area contributed by atoms with Gasteiger partial charge in [0.1, 0.15) is 0 Å². The number of Topliss-reactive ketones (excluding diaryl/α,β-unsaturated/α-hetero) is 1. The van der Waals surface area contributed by atoms with Gasteiger partial charge in [-0.2, -0.15) is 0 Å². The lowest BCUT2D eigenvalue weighted by Gasteiger charge is -2.07. The summed E-state index contributed by atoms with van der Waals surface area (Å²) in [4.78, 5) is 35.1. The van der Waals surface area contributed by atoms with E-state index in [1.165, 1.54) is 24.8 Å². The minimum absolute atomic E-state index is 0.0739. The zero-order valence-corrected chi connectivity index (χ0v) is 12.3. The Morgan fingerprint density at radius 1 is 1.18 bits per heavy atom. The lowest BCUT2D eigenvalue weighted by Crippen LogP contribution is -2.24. The zero-order valence-electron chi connectivity index (χ0n) is 12.3. The Bertz CT molecular complexity index is 747. The minimum atomic E-state index is -0.354. The van der Waals surface area contributed by atoms with E-state index in [1.54, 1.807) is 36.4 Å². The number of rotatable bonds is 5. The van der Waals surface area contributed by atoms with Gasteiger partial charge in [0.2, 0.25) is 5.91 Å². The lowest BCUT2D eigenvalue weighted by molar-refractivity contribution is -0.114. The van der Waals surface area contributed by atoms with Gasteiger partial charge < -0.3 is 14.6 Å². The normalized spacial score (nSPS) is 10.1. The largest absolute Gasteiger partial charge is 0.491 e. The molecule has 0 bridgehead atoms. The Morgan fingerprint density at radius 2 is 1.86 bits per heavy atom. The van der Waals surface area contributed by atoms with E-state index in [1.807, 2.05) is 0 Å². The van der Waals surface area contributed by atoms with Crippen LogP contribution in [0.3, 0.4) is 0 Å². The molecule has 0 radical (unpaired) electrons. The van der Waals surface area contributed by atoms with E-state index >= 15 is 0 Å². The number of hydrogen-bond donors (Lipinski definition) is 1. The molecule has 2 aromatic rings. The molecule has 0 saturated heterocycles. The summed E-state index contributed by atoms with van der Waals surface area (Å²) in [5.41, 5.74) is 0.722. The predicted octanol–water partition coefficient (Wildman–Crippen LogP) is 1.70. The van der Waals surface area contributed by atoms with Gasteiger partial charge in [0.25, 0.3) is 5.56 Å². The molecule has 6 heteroatoms. The van der Waals surface area contributed by atoms with Gasteiger partial charge in [-0.1, -0.05) is 0 Å². The third-order valence-electron chi connectivity index (χ3n) is 3.05. The molecule has 2 rings (SSSR count). The van der Waals surface area contributed by atoms with Crippen LogP contribution in [0, 0.1) is 0 Å². The smallest absolute Gasteiger partial charge is 0.293 e. The zero-order chi connectivity index (χ0) is 16.1. The van der Waals surface area contributed by atoms with Gasteiger partial charge in [0.15, 0.2) is 11.5 Å². The molecule has 1 N–H and O–H groups in total. The minimum Gasteiger partial charge on any atom is -0.491 e. The van der Waals surface area contributed by atoms with Crippen LogP contribution in [0.25, 0.3) is 0 Å². The van der Waals surface area contributed by atoms with Crippen molar-refractivity contribution in [2.75, 3.05) is 12.4 Å². The van der Waals surface area contributed by atoms with Gasteiger partial charge >= 0.3 is 0 Å². The van der Waals surface area contributed by atoms with Gasteiger partial charge in [-0.3, -0.25) is 14.4 Å². The maximum atomic E-state index is 12.2. The SMILES string of the molecule is COc1cccn(CC(=O)c2ccc(NC(C)=O)cc2)c1=O. The standard InChI is InChI=1S/C16H16N2O4/c1-11(19)17-13-7-5-12(6-8-13)14(20)10-18-9-3-4-15(22-2)16(18)21/h3-9H,10H2,1-2H3,(H,17,19). The van der Waals surface area contributed by atoms with Crippen LogP contribution >= 0.6 is 0 Å². The second-order valence-electron chi connectivity index (χ2n) is 4.69. The maximum absolute atomic E-state index is 12.2. The highest BCUT2D eigenvalue weighted by molar-refractivity contribution is 5.96. The van der Waals surface area contributed by atoms with Gasteiger partial charge in [-0.25, -0.2) is 0 Å². The second-order valence-corrected chi connectivity index (χ2v) is 4.69. The van der Waals surface area contributed by atoms with Gasteiger partial charge in [0.05, 0.1) is 13.7 Å². The van der Waals surface area contributed by atoms with Crippen LogP contribution in [-0.2, 0) is 11.3 Å². The first-order valence-corrected chi connectivity index (χ1v) is 6.65. The number of carbonyl (C=O) groups excluding carboxylic acids is 2. The number of nitrogens with zero attached hydrogens (tertiary/aromatic N) is 1.